The molecule has 17 heavy (non-hydrogen) atoms. The van der Waals surface area contributed by atoms with Crippen LogP contribution < -0.4 is 0 Å². The smallest absolute Gasteiger partial charge is 0.399 e. The molecule has 0 aromatic rings. The van der Waals surface area contributed by atoms with Crippen LogP contribution in [0.3, 0.4) is 0 Å². The fourth-order valence-corrected chi connectivity index (χ4v) is 2.17. The molecule has 0 spiro atoms. The highest BCUT2D eigenvalue weighted by Gasteiger charge is 2.52. The summed E-state index contributed by atoms with van der Waals surface area (Å²) in [4.78, 5) is 2.16. The zero-order chi connectivity index (χ0) is 12.8. The van der Waals surface area contributed by atoms with Gasteiger partial charge in [0.05, 0.1) is 11.2 Å². The molecule has 2 aliphatic heterocycles. The number of hydrogen-bond donors (Lipinski definition) is 0. The van der Waals surface area contributed by atoms with E-state index < -0.39 is 0 Å². The van der Waals surface area contributed by atoms with Gasteiger partial charge in [0, 0.05) is 13.6 Å². The van der Waals surface area contributed by atoms with Crippen LogP contribution in [-0.2, 0) is 9.31 Å². The van der Waals surface area contributed by atoms with Crippen molar-refractivity contribution in [1.82, 2.24) is 4.90 Å². The Morgan fingerprint density at radius 1 is 1.18 bits per heavy atom. The van der Waals surface area contributed by atoms with Gasteiger partial charge in [-0.25, -0.2) is 0 Å². The summed E-state index contributed by atoms with van der Waals surface area (Å²) < 4.78 is 12.1. The second-order valence-electron chi connectivity index (χ2n) is 6.12. The summed E-state index contributed by atoms with van der Waals surface area (Å²) in [5.41, 5.74) is 1.90. The number of likely N-dealkylation sites (N-methyl/N-ethyl adjacent to an activating group) is 1. The monoisotopic (exact) mass is 235 g/mol. The van der Waals surface area contributed by atoms with E-state index in [0.717, 1.165) is 12.0 Å². The van der Waals surface area contributed by atoms with Crippen molar-refractivity contribution in [1.29, 1.82) is 0 Å². The van der Waals surface area contributed by atoms with E-state index >= 15 is 0 Å². The first-order chi connectivity index (χ1) is 7.71. The van der Waals surface area contributed by atoms with Crippen molar-refractivity contribution < 1.29 is 9.31 Å². The maximum Gasteiger partial charge on any atom is 0.496 e. The maximum atomic E-state index is 6.04. The molecule has 1 fully saturated rings. The van der Waals surface area contributed by atoms with Gasteiger partial charge < -0.3 is 14.2 Å². The van der Waals surface area contributed by atoms with Crippen LogP contribution in [0.4, 0.5) is 0 Å². The summed E-state index contributed by atoms with van der Waals surface area (Å²) in [6.07, 6.45) is 4.28. The van der Waals surface area contributed by atoms with Crippen LogP contribution in [0.15, 0.2) is 23.3 Å². The van der Waals surface area contributed by atoms with Gasteiger partial charge in [-0.1, -0.05) is 11.6 Å². The van der Waals surface area contributed by atoms with E-state index in [4.69, 9.17) is 9.31 Å². The Hall–Kier alpha value is -0.735. The molecule has 0 aromatic heterocycles. The van der Waals surface area contributed by atoms with Crippen LogP contribution in [0.2, 0.25) is 0 Å². The zero-order valence-electron chi connectivity index (χ0n) is 11.7. The number of nitrogens with zero attached hydrogens (tertiary/aromatic N) is 1. The van der Waals surface area contributed by atoms with E-state index in [9.17, 15) is 0 Å². The third-order valence-electron chi connectivity index (χ3n) is 3.81. The minimum atomic E-state index is -0.268. The Bertz CT molecular complexity index is 369. The van der Waals surface area contributed by atoms with Gasteiger partial charge in [-0.3, -0.25) is 0 Å². The SMILES string of the molecule is CC1=CC(B2OC(C)(C)C(C)(C)O2)=CN(C)C1. The molecule has 0 unspecified atom stereocenters. The van der Waals surface area contributed by atoms with Gasteiger partial charge in [0.1, 0.15) is 0 Å². The van der Waals surface area contributed by atoms with E-state index in [-0.39, 0.29) is 18.3 Å². The molecule has 0 aliphatic carbocycles. The van der Waals surface area contributed by atoms with E-state index in [1.165, 1.54) is 5.57 Å². The Kier molecular flexibility index (Phi) is 2.91. The molecule has 4 heteroatoms. The fourth-order valence-electron chi connectivity index (χ4n) is 2.17. The number of hydrogen-bond acceptors (Lipinski definition) is 3. The predicted molar refractivity (Wildman–Crippen MR) is 70.6 cm³/mol. The average molecular weight is 235 g/mol. The van der Waals surface area contributed by atoms with Crippen molar-refractivity contribution in [3.8, 4) is 0 Å². The molecule has 1 saturated heterocycles. The van der Waals surface area contributed by atoms with E-state index in [2.05, 4.69) is 58.8 Å². The minimum Gasteiger partial charge on any atom is -0.399 e. The van der Waals surface area contributed by atoms with Gasteiger partial charge in [-0.05, 0) is 46.3 Å². The first kappa shape index (κ1) is 12.7. The molecule has 2 rings (SSSR count). The standard InChI is InChI=1S/C13H22BNO2/c1-10-7-11(9-15(6)8-10)14-16-12(2,3)13(4,5)17-14/h7,9H,8H2,1-6H3. The fraction of sp³-hybridized carbons (Fsp3) is 0.692. The number of rotatable bonds is 1. The van der Waals surface area contributed by atoms with Crippen molar-refractivity contribution >= 4 is 7.12 Å². The first-order valence-electron chi connectivity index (χ1n) is 6.16. The van der Waals surface area contributed by atoms with Gasteiger partial charge in [0.15, 0.2) is 0 Å². The Morgan fingerprint density at radius 3 is 2.18 bits per heavy atom. The molecule has 0 saturated carbocycles. The lowest BCUT2D eigenvalue weighted by atomic mass is 9.77. The van der Waals surface area contributed by atoms with Crippen LogP contribution >= 0.6 is 0 Å². The van der Waals surface area contributed by atoms with Crippen molar-refractivity contribution in [2.24, 2.45) is 0 Å². The highest BCUT2D eigenvalue weighted by atomic mass is 16.7. The molecule has 3 nitrogen and oxygen atoms in total. The molecule has 0 aromatic carbocycles. The molecule has 0 N–H and O–H groups in total. The number of allylic oxidation sites excluding steroid dienone is 2. The van der Waals surface area contributed by atoms with Crippen LogP contribution in [0.5, 0.6) is 0 Å². The van der Waals surface area contributed by atoms with Gasteiger partial charge >= 0.3 is 7.12 Å². The first-order valence-corrected chi connectivity index (χ1v) is 6.16. The molecular weight excluding hydrogens is 213 g/mol. The molecular formula is C13H22BNO2. The summed E-state index contributed by atoms with van der Waals surface area (Å²) in [7, 11) is 1.82. The van der Waals surface area contributed by atoms with Gasteiger partial charge in [-0.15, -0.1) is 0 Å². The maximum absolute atomic E-state index is 6.04. The topological polar surface area (TPSA) is 21.7 Å². The van der Waals surface area contributed by atoms with E-state index in [1.54, 1.807) is 0 Å². The summed E-state index contributed by atoms with van der Waals surface area (Å²) in [5, 5.41) is 0. The van der Waals surface area contributed by atoms with Crippen molar-refractivity contribution in [3.05, 3.63) is 23.3 Å². The average Bonchev–Trinajstić information content (AvgIpc) is 2.34. The quantitative estimate of drug-likeness (QED) is 0.651. The molecule has 0 bridgehead atoms. The molecule has 0 atom stereocenters. The highest BCUT2D eigenvalue weighted by molar-refractivity contribution is 6.55. The van der Waals surface area contributed by atoms with Crippen LogP contribution in [0, 0.1) is 0 Å². The third kappa shape index (κ3) is 2.29. The lowest BCUT2D eigenvalue weighted by Crippen LogP contribution is -2.41. The van der Waals surface area contributed by atoms with E-state index in [1.807, 2.05) is 0 Å². The normalized spacial score (nSPS) is 26.9. The summed E-state index contributed by atoms with van der Waals surface area (Å²) in [6.45, 7) is 11.4. The van der Waals surface area contributed by atoms with E-state index in [0.29, 0.717) is 0 Å². The van der Waals surface area contributed by atoms with Gasteiger partial charge in [0.25, 0.3) is 0 Å². The van der Waals surface area contributed by atoms with Crippen LogP contribution in [-0.4, -0.2) is 36.8 Å². The molecule has 2 heterocycles. The van der Waals surface area contributed by atoms with Crippen molar-refractivity contribution in [3.63, 3.8) is 0 Å². The summed E-state index contributed by atoms with van der Waals surface area (Å²) in [5.74, 6) is 0. The second kappa shape index (κ2) is 3.89. The lowest BCUT2D eigenvalue weighted by molar-refractivity contribution is 0.00578. The van der Waals surface area contributed by atoms with Crippen molar-refractivity contribution in [2.75, 3.05) is 13.6 Å². The minimum absolute atomic E-state index is 0.252. The predicted octanol–water partition coefficient (Wildman–Crippen LogP) is 2.39. The largest absolute Gasteiger partial charge is 0.496 e. The summed E-state index contributed by atoms with van der Waals surface area (Å²) in [6, 6.07) is 0. The third-order valence-corrected chi connectivity index (χ3v) is 3.81. The lowest BCUT2D eigenvalue weighted by Gasteiger charge is -2.32. The molecule has 0 radical (unpaired) electrons. The molecule has 94 valence electrons. The second-order valence-corrected chi connectivity index (χ2v) is 6.12. The van der Waals surface area contributed by atoms with Crippen LogP contribution in [0.1, 0.15) is 34.6 Å². The Balaban J connectivity index is 2.22. The van der Waals surface area contributed by atoms with Gasteiger partial charge in [-0.2, -0.15) is 0 Å². The summed E-state index contributed by atoms with van der Waals surface area (Å²) >= 11 is 0. The molecule has 0 amide bonds. The highest BCUT2D eigenvalue weighted by Crippen LogP contribution is 2.39. The van der Waals surface area contributed by atoms with Crippen molar-refractivity contribution in [2.45, 2.75) is 45.8 Å². The molecule has 2 aliphatic rings. The van der Waals surface area contributed by atoms with Gasteiger partial charge in [0.2, 0.25) is 0 Å². The zero-order valence-corrected chi connectivity index (χ0v) is 11.7. The Morgan fingerprint density at radius 2 is 1.71 bits per heavy atom. The Labute approximate surface area is 105 Å². The van der Waals surface area contributed by atoms with Crippen LogP contribution in [0.25, 0.3) is 0 Å².